The van der Waals surface area contributed by atoms with Crippen LogP contribution in [0.15, 0.2) is 12.1 Å². The van der Waals surface area contributed by atoms with E-state index >= 15 is 0 Å². The van der Waals surface area contributed by atoms with Gasteiger partial charge in [-0.3, -0.25) is 4.79 Å². The van der Waals surface area contributed by atoms with Crippen molar-refractivity contribution in [2.75, 3.05) is 14.2 Å². The van der Waals surface area contributed by atoms with E-state index in [1.54, 1.807) is 14.2 Å². The lowest BCUT2D eigenvalue weighted by Crippen LogP contribution is -2.20. The molecular weight excluding hydrogens is 244 g/mol. The Bertz CT molecular complexity index is 481. The number of ether oxygens (including phenoxy) is 2. The van der Waals surface area contributed by atoms with Gasteiger partial charge in [0, 0.05) is 18.1 Å². The first-order chi connectivity index (χ1) is 9.05. The topological polar surface area (TPSA) is 55.8 Å². The number of carboxylic acid groups (broad SMARTS) is 1. The van der Waals surface area contributed by atoms with Crippen molar-refractivity contribution in [3.63, 3.8) is 0 Å². The van der Waals surface area contributed by atoms with E-state index in [9.17, 15) is 4.79 Å². The monoisotopic (exact) mass is 264 g/mol. The van der Waals surface area contributed by atoms with Gasteiger partial charge < -0.3 is 14.6 Å². The maximum absolute atomic E-state index is 10.9. The minimum Gasteiger partial charge on any atom is -0.497 e. The van der Waals surface area contributed by atoms with E-state index < -0.39 is 5.97 Å². The molecule has 0 spiro atoms. The largest absolute Gasteiger partial charge is 0.497 e. The van der Waals surface area contributed by atoms with Gasteiger partial charge >= 0.3 is 5.97 Å². The summed E-state index contributed by atoms with van der Waals surface area (Å²) >= 11 is 0. The second-order valence-corrected chi connectivity index (χ2v) is 5.21. The molecule has 0 saturated carbocycles. The molecule has 1 aliphatic rings. The summed E-state index contributed by atoms with van der Waals surface area (Å²) in [6.45, 7) is 2.13. The van der Waals surface area contributed by atoms with Crippen molar-refractivity contribution in [1.29, 1.82) is 0 Å². The van der Waals surface area contributed by atoms with Crippen LogP contribution in [0.5, 0.6) is 11.5 Å². The Morgan fingerprint density at radius 2 is 2.11 bits per heavy atom. The molecule has 0 aromatic heterocycles. The molecule has 0 radical (unpaired) electrons. The zero-order valence-corrected chi connectivity index (χ0v) is 11.6. The molecule has 1 aromatic rings. The molecule has 2 rings (SSSR count). The highest BCUT2D eigenvalue weighted by atomic mass is 16.5. The number of hydrogen-bond donors (Lipinski definition) is 1. The third kappa shape index (κ3) is 2.83. The summed E-state index contributed by atoms with van der Waals surface area (Å²) in [7, 11) is 3.28. The van der Waals surface area contributed by atoms with E-state index in [-0.39, 0.29) is 12.3 Å². The van der Waals surface area contributed by atoms with E-state index in [1.165, 1.54) is 5.56 Å². The Morgan fingerprint density at radius 1 is 1.37 bits per heavy atom. The molecule has 0 unspecified atom stereocenters. The maximum Gasteiger partial charge on any atom is 0.303 e. The second-order valence-electron chi connectivity index (χ2n) is 5.21. The Morgan fingerprint density at radius 3 is 2.68 bits per heavy atom. The number of carbonyl (C=O) groups is 1. The van der Waals surface area contributed by atoms with Crippen LogP contribution in [0.3, 0.4) is 0 Å². The molecule has 0 heterocycles. The summed E-state index contributed by atoms with van der Waals surface area (Å²) in [6.07, 6.45) is 1.89. The maximum atomic E-state index is 10.9. The van der Waals surface area contributed by atoms with Crippen LogP contribution in [0, 0.1) is 5.92 Å². The molecule has 4 heteroatoms. The molecule has 1 aliphatic carbocycles. The van der Waals surface area contributed by atoms with Crippen molar-refractivity contribution in [2.24, 2.45) is 5.92 Å². The lowest BCUT2D eigenvalue weighted by atomic mass is 9.76. The van der Waals surface area contributed by atoms with Crippen LogP contribution in [0.25, 0.3) is 0 Å². The van der Waals surface area contributed by atoms with Crippen LogP contribution in [-0.4, -0.2) is 25.3 Å². The van der Waals surface area contributed by atoms with Crippen LogP contribution < -0.4 is 9.47 Å². The third-order valence-electron chi connectivity index (χ3n) is 3.81. The molecule has 0 saturated heterocycles. The summed E-state index contributed by atoms with van der Waals surface area (Å²) in [4.78, 5) is 10.9. The van der Waals surface area contributed by atoms with Gasteiger partial charge in [-0.2, -0.15) is 0 Å². The zero-order chi connectivity index (χ0) is 14.0. The first kappa shape index (κ1) is 13.7. The molecule has 0 amide bonds. The highest BCUT2D eigenvalue weighted by molar-refractivity contribution is 5.67. The summed E-state index contributed by atoms with van der Waals surface area (Å²) in [5.74, 6) is 1.38. The SMILES string of the molecule is COc1cc2c(c(OC)c1)[C@H](C)C[C@@H](CC(=O)O)C2. The van der Waals surface area contributed by atoms with E-state index in [0.29, 0.717) is 5.92 Å². The molecule has 0 bridgehead atoms. The Hall–Kier alpha value is -1.71. The van der Waals surface area contributed by atoms with Crippen molar-refractivity contribution in [3.8, 4) is 11.5 Å². The van der Waals surface area contributed by atoms with Crippen LogP contribution in [0.1, 0.15) is 36.8 Å². The van der Waals surface area contributed by atoms with Gasteiger partial charge in [0.15, 0.2) is 0 Å². The van der Waals surface area contributed by atoms with Gasteiger partial charge in [0.1, 0.15) is 11.5 Å². The van der Waals surface area contributed by atoms with Gasteiger partial charge in [0.05, 0.1) is 14.2 Å². The molecule has 1 aromatic carbocycles. The number of fused-ring (bicyclic) bond motifs is 1. The smallest absolute Gasteiger partial charge is 0.303 e. The van der Waals surface area contributed by atoms with Gasteiger partial charge in [-0.1, -0.05) is 6.92 Å². The Balaban J connectivity index is 2.37. The molecule has 19 heavy (non-hydrogen) atoms. The van der Waals surface area contributed by atoms with Crippen molar-refractivity contribution in [3.05, 3.63) is 23.3 Å². The number of benzene rings is 1. The molecule has 104 valence electrons. The average molecular weight is 264 g/mol. The lowest BCUT2D eigenvalue weighted by Gasteiger charge is -2.30. The van der Waals surface area contributed by atoms with Gasteiger partial charge in [0.25, 0.3) is 0 Å². The van der Waals surface area contributed by atoms with Crippen LogP contribution >= 0.6 is 0 Å². The number of rotatable bonds is 4. The number of carboxylic acids is 1. The Labute approximate surface area is 113 Å². The lowest BCUT2D eigenvalue weighted by molar-refractivity contribution is -0.138. The van der Waals surface area contributed by atoms with Crippen LogP contribution in [0.4, 0.5) is 0 Å². The Kier molecular flexibility index (Phi) is 3.98. The molecular formula is C15H20O4. The molecule has 0 aliphatic heterocycles. The van der Waals surface area contributed by atoms with Crippen molar-refractivity contribution >= 4 is 5.97 Å². The van der Waals surface area contributed by atoms with Crippen molar-refractivity contribution < 1.29 is 19.4 Å². The average Bonchev–Trinajstić information content (AvgIpc) is 2.36. The van der Waals surface area contributed by atoms with Gasteiger partial charge in [-0.25, -0.2) is 0 Å². The van der Waals surface area contributed by atoms with E-state index in [1.807, 2.05) is 12.1 Å². The zero-order valence-electron chi connectivity index (χ0n) is 11.6. The summed E-state index contributed by atoms with van der Waals surface area (Å²) in [6, 6.07) is 3.90. The third-order valence-corrected chi connectivity index (χ3v) is 3.81. The minimum atomic E-state index is -0.726. The van der Waals surface area contributed by atoms with Gasteiger partial charge in [0.2, 0.25) is 0 Å². The second kappa shape index (κ2) is 5.51. The molecule has 0 fully saturated rings. The first-order valence-electron chi connectivity index (χ1n) is 6.51. The van der Waals surface area contributed by atoms with E-state index in [0.717, 1.165) is 29.9 Å². The van der Waals surface area contributed by atoms with Gasteiger partial charge in [-0.05, 0) is 36.3 Å². The number of aliphatic carboxylic acids is 1. The molecule has 4 nitrogen and oxygen atoms in total. The summed E-state index contributed by atoms with van der Waals surface area (Å²) in [5, 5.41) is 8.95. The van der Waals surface area contributed by atoms with Crippen molar-refractivity contribution in [1.82, 2.24) is 0 Å². The molecule has 2 atom stereocenters. The number of hydrogen-bond acceptors (Lipinski definition) is 3. The highest BCUT2D eigenvalue weighted by Gasteiger charge is 2.29. The quantitative estimate of drug-likeness (QED) is 0.908. The first-order valence-corrected chi connectivity index (χ1v) is 6.51. The summed E-state index contributed by atoms with van der Waals surface area (Å²) in [5.41, 5.74) is 2.35. The fraction of sp³-hybridized carbons (Fsp3) is 0.533. The fourth-order valence-corrected chi connectivity index (χ4v) is 3.09. The summed E-state index contributed by atoms with van der Waals surface area (Å²) < 4.78 is 10.7. The van der Waals surface area contributed by atoms with Crippen molar-refractivity contribution in [2.45, 2.75) is 32.1 Å². The molecule has 1 N–H and O–H groups in total. The normalized spacial score (nSPS) is 21.6. The number of methoxy groups -OCH3 is 2. The van der Waals surface area contributed by atoms with E-state index in [2.05, 4.69) is 6.92 Å². The standard InChI is InChI=1S/C15H20O4/c1-9-4-10(6-14(16)17)5-11-7-12(18-2)8-13(19-3)15(9)11/h7-10H,4-6H2,1-3H3,(H,16,17)/t9-,10-/m1/s1. The van der Waals surface area contributed by atoms with Crippen LogP contribution in [-0.2, 0) is 11.2 Å². The van der Waals surface area contributed by atoms with Crippen LogP contribution in [0.2, 0.25) is 0 Å². The fourth-order valence-electron chi connectivity index (χ4n) is 3.09. The van der Waals surface area contributed by atoms with Gasteiger partial charge in [-0.15, -0.1) is 0 Å². The minimum absolute atomic E-state index is 0.191. The van der Waals surface area contributed by atoms with E-state index in [4.69, 9.17) is 14.6 Å². The highest BCUT2D eigenvalue weighted by Crippen LogP contribution is 2.43. The predicted molar refractivity (Wildman–Crippen MR) is 72.0 cm³/mol. The predicted octanol–water partition coefficient (Wildman–Crippen LogP) is 2.84.